The van der Waals surface area contributed by atoms with Gasteiger partial charge in [0.2, 0.25) is 0 Å². The Bertz CT molecular complexity index is 380. The number of nitrogens with zero attached hydrogens (tertiary/aromatic N) is 2. The molecule has 1 aliphatic heterocycles. The van der Waals surface area contributed by atoms with Crippen LogP contribution in [0.3, 0.4) is 0 Å². The molecular weight excluding hydrogens is 320 g/mol. The predicted molar refractivity (Wildman–Crippen MR) is 115 cm³/mol. The van der Waals surface area contributed by atoms with E-state index in [4.69, 9.17) is 0 Å². The fourth-order valence-electron chi connectivity index (χ4n) is 4.08. The van der Waals surface area contributed by atoms with Crippen LogP contribution in [0.5, 0.6) is 0 Å². The van der Waals surface area contributed by atoms with E-state index in [-0.39, 0.29) is 6.61 Å². The first-order valence-corrected chi connectivity index (χ1v) is 11.4. The summed E-state index contributed by atoms with van der Waals surface area (Å²) in [5.74, 6) is 0. The molecule has 0 aromatic heterocycles. The van der Waals surface area contributed by atoms with E-state index in [1.54, 1.807) is 0 Å². The van der Waals surface area contributed by atoms with Crippen molar-refractivity contribution in [3.63, 3.8) is 0 Å². The van der Waals surface area contributed by atoms with Crippen LogP contribution in [0.4, 0.5) is 0 Å². The van der Waals surface area contributed by atoms with Crippen LogP contribution in [0.1, 0.15) is 97.3 Å². The Kier molecular flexibility index (Phi) is 13.8. The number of hydrogen-bond donors (Lipinski definition) is 1. The number of aliphatic hydroxyl groups is 1. The molecule has 3 heteroatoms. The van der Waals surface area contributed by atoms with Crippen molar-refractivity contribution in [2.75, 3.05) is 26.2 Å². The number of aliphatic imine (C=N–C) groups is 1. The Labute approximate surface area is 163 Å². The molecule has 0 radical (unpaired) electrons. The van der Waals surface area contributed by atoms with Crippen LogP contribution in [0.25, 0.3) is 0 Å². The Hall–Kier alpha value is -0.670. The molecule has 1 N–H and O–H groups in total. The van der Waals surface area contributed by atoms with Crippen LogP contribution in [0, 0.1) is 0 Å². The SMILES string of the molecule is CCCCCCCCCCCCC/C=C/CC1N=CC[N+]1(CC)CCO. The molecule has 0 amide bonds. The highest BCUT2D eigenvalue weighted by atomic mass is 16.3. The van der Waals surface area contributed by atoms with Gasteiger partial charge in [-0.1, -0.05) is 83.3 Å². The molecule has 1 aliphatic rings. The minimum Gasteiger partial charge on any atom is -0.391 e. The Morgan fingerprint density at radius 2 is 1.54 bits per heavy atom. The fourth-order valence-corrected chi connectivity index (χ4v) is 4.08. The van der Waals surface area contributed by atoms with Crippen molar-refractivity contribution in [1.82, 2.24) is 0 Å². The van der Waals surface area contributed by atoms with Gasteiger partial charge in [-0.25, -0.2) is 4.99 Å². The summed E-state index contributed by atoms with van der Waals surface area (Å²) in [6.07, 6.45) is 24.8. The quantitative estimate of drug-likeness (QED) is 0.195. The fraction of sp³-hybridized carbons (Fsp3) is 0.870. The summed E-state index contributed by atoms with van der Waals surface area (Å²) in [7, 11) is 0. The van der Waals surface area contributed by atoms with E-state index in [1.165, 1.54) is 77.0 Å². The maximum absolute atomic E-state index is 9.35. The second-order valence-electron chi connectivity index (χ2n) is 8.01. The van der Waals surface area contributed by atoms with E-state index < -0.39 is 0 Å². The molecule has 0 aromatic carbocycles. The van der Waals surface area contributed by atoms with Crippen molar-refractivity contribution in [3.05, 3.63) is 12.2 Å². The zero-order chi connectivity index (χ0) is 18.9. The molecule has 0 fully saturated rings. The van der Waals surface area contributed by atoms with Crippen molar-refractivity contribution < 1.29 is 9.59 Å². The lowest BCUT2D eigenvalue weighted by Crippen LogP contribution is -2.53. The van der Waals surface area contributed by atoms with Crippen LogP contribution >= 0.6 is 0 Å². The van der Waals surface area contributed by atoms with Crippen LogP contribution in [-0.2, 0) is 0 Å². The van der Waals surface area contributed by atoms with Crippen LogP contribution in [-0.4, -0.2) is 48.2 Å². The first-order chi connectivity index (χ1) is 12.8. The minimum absolute atomic E-state index is 0.260. The van der Waals surface area contributed by atoms with E-state index >= 15 is 0 Å². The van der Waals surface area contributed by atoms with E-state index in [0.717, 1.165) is 30.5 Å². The standard InChI is InChI=1S/C23H45N2O/c1-3-5-6-7-8-9-10-11-12-13-14-15-16-17-18-23-24-19-20-25(23,4-2)21-22-26/h16-17,19,23,26H,3-15,18,20-22H2,1-2H3/q+1/b17-16+. The second kappa shape index (κ2) is 15.4. The summed E-state index contributed by atoms with van der Waals surface area (Å²) in [6.45, 7) is 7.62. The summed E-state index contributed by atoms with van der Waals surface area (Å²) in [5, 5.41) is 9.35. The van der Waals surface area contributed by atoms with Crippen molar-refractivity contribution in [2.24, 2.45) is 4.99 Å². The molecule has 26 heavy (non-hydrogen) atoms. The largest absolute Gasteiger partial charge is 0.391 e. The van der Waals surface area contributed by atoms with Crippen molar-refractivity contribution >= 4 is 6.21 Å². The number of unbranched alkanes of at least 4 members (excludes halogenated alkanes) is 11. The van der Waals surface area contributed by atoms with Gasteiger partial charge >= 0.3 is 0 Å². The van der Waals surface area contributed by atoms with Gasteiger partial charge in [-0.15, -0.1) is 0 Å². The van der Waals surface area contributed by atoms with Gasteiger partial charge in [0.1, 0.15) is 13.1 Å². The Morgan fingerprint density at radius 3 is 2.12 bits per heavy atom. The first-order valence-electron chi connectivity index (χ1n) is 11.4. The number of allylic oxidation sites excluding steroid dienone is 1. The lowest BCUT2D eigenvalue weighted by molar-refractivity contribution is -0.935. The average molecular weight is 366 g/mol. The molecule has 1 heterocycles. The van der Waals surface area contributed by atoms with Gasteiger partial charge in [0, 0.05) is 6.42 Å². The van der Waals surface area contributed by atoms with Gasteiger partial charge < -0.3 is 5.11 Å². The third kappa shape index (κ3) is 9.32. The molecule has 0 spiro atoms. The molecule has 0 aromatic rings. The van der Waals surface area contributed by atoms with E-state index in [1.807, 2.05) is 0 Å². The molecule has 2 atom stereocenters. The normalized spacial score (nSPS) is 22.7. The minimum atomic E-state index is 0.260. The number of rotatable bonds is 17. The van der Waals surface area contributed by atoms with Crippen LogP contribution in [0.2, 0.25) is 0 Å². The number of quaternary nitrogens is 1. The van der Waals surface area contributed by atoms with E-state index in [9.17, 15) is 5.11 Å². The third-order valence-corrected chi connectivity index (χ3v) is 6.02. The smallest absolute Gasteiger partial charge is 0.186 e. The molecule has 2 unspecified atom stereocenters. The molecule has 3 nitrogen and oxygen atoms in total. The highest BCUT2D eigenvalue weighted by Gasteiger charge is 2.36. The maximum Gasteiger partial charge on any atom is 0.186 e. The van der Waals surface area contributed by atoms with Gasteiger partial charge in [-0.05, 0) is 19.8 Å². The van der Waals surface area contributed by atoms with Gasteiger partial charge in [-0.2, -0.15) is 0 Å². The summed E-state index contributed by atoms with van der Waals surface area (Å²) >= 11 is 0. The van der Waals surface area contributed by atoms with Crippen molar-refractivity contribution in [3.8, 4) is 0 Å². The van der Waals surface area contributed by atoms with Crippen molar-refractivity contribution in [1.29, 1.82) is 0 Å². The maximum atomic E-state index is 9.35. The Morgan fingerprint density at radius 1 is 0.923 bits per heavy atom. The molecule has 1 rings (SSSR count). The topological polar surface area (TPSA) is 32.6 Å². The lowest BCUT2D eigenvalue weighted by atomic mass is 10.1. The number of hydrogen-bond acceptors (Lipinski definition) is 2. The molecule has 0 saturated carbocycles. The average Bonchev–Trinajstić information content (AvgIpc) is 3.05. The second-order valence-corrected chi connectivity index (χ2v) is 8.01. The first kappa shape index (κ1) is 23.4. The van der Waals surface area contributed by atoms with E-state index in [2.05, 4.69) is 37.2 Å². The summed E-state index contributed by atoms with van der Waals surface area (Å²) in [5.41, 5.74) is 0. The monoisotopic (exact) mass is 365 g/mol. The summed E-state index contributed by atoms with van der Waals surface area (Å²) < 4.78 is 0.930. The van der Waals surface area contributed by atoms with E-state index in [0.29, 0.717) is 6.17 Å². The van der Waals surface area contributed by atoms with Crippen LogP contribution in [0.15, 0.2) is 17.1 Å². The van der Waals surface area contributed by atoms with Crippen LogP contribution < -0.4 is 0 Å². The molecule has 152 valence electrons. The number of likely N-dealkylation sites (N-methyl/N-ethyl adjacent to an activating group) is 1. The van der Waals surface area contributed by atoms with Gasteiger partial charge in [-0.3, -0.25) is 4.48 Å². The number of aliphatic hydroxyl groups excluding tert-OH is 1. The predicted octanol–water partition coefficient (Wildman–Crippen LogP) is 5.87. The van der Waals surface area contributed by atoms with Gasteiger partial charge in [0.05, 0.1) is 19.4 Å². The van der Waals surface area contributed by atoms with Gasteiger partial charge in [0.25, 0.3) is 0 Å². The lowest BCUT2D eigenvalue weighted by Gasteiger charge is -2.37. The third-order valence-electron chi connectivity index (χ3n) is 6.02. The molecule has 0 saturated heterocycles. The summed E-state index contributed by atoms with van der Waals surface area (Å²) in [6, 6.07) is 0. The highest BCUT2D eigenvalue weighted by Crippen LogP contribution is 2.22. The molecular formula is C23H45N2O+. The zero-order valence-corrected chi connectivity index (χ0v) is 17.7. The zero-order valence-electron chi connectivity index (χ0n) is 17.7. The highest BCUT2D eigenvalue weighted by molar-refractivity contribution is 5.60. The summed E-state index contributed by atoms with van der Waals surface area (Å²) in [4.78, 5) is 4.66. The molecule has 0 bridgehead atoms. The Balaban J connectivity index is 1.97. The van der Waals surface area contributed by atoms with Crippen molar-refractivity contribution in [2.45, 2.75) is 103 Å². The molecule has 0 aliphatic carbocycles. The van der Waals surface area contributed by atoms with Gasteiger partial charge in [0.15, 0.2) is 6.17 Å².